The van der Waals surface area contributed by atoms with Crippen LogP contribution in [0.3, 0.4) is 0 Å². The zero-order chi connectivity index (χ0) is 8.27. The Bertz CT molecular complexity index is 277. The molecule has 58 valence electrons. The van der Waals surface area contributed by atoms with Crippen molar-refractivity contribution in [3.63, 3.8) is 0 Å². The summed E-state index contributed by atoms with van der Waals surface area (Å²) in [6.07, 6.45) is 0.152. The first kappa shape index (κ1) is 7.94. The molecule has 0 amide bonds. The number of aldehydes is 1. The van der Waals surface area contributed by atoms with Crippen molar-refractivity contribution >= 4 is 23.6 Å². The number of hydrogen-bond donors (Lipinski definition) is 0. The summed E-state index contributed by atoms with van der Waals surface area (Å²) in [5, 5.41) is 2.28. The SMILES string of the molecule is Cc1ccsc1OC(=O)C=O. The number of carbonyl (C=O) groups is 2. The van der Waals surface area contributed by atoms with Gasteiger partial charge in [-0.2, -0.15) is 0 Å². The van der Waals surface area contributed by atoms with Crippen molar-refractivity contribution < 1.29 is 14.3 Å². The van der Waals surface area contributed by atoms with E-state index >= 15 is 0 Å². The van der Waals surface area contributed by atoms with E-state index in [1.54, 1.807) is 5.38 Å². The summed E-state index contributed by atoms with van der Waals surface area (Å²) in [5.41, 5.74) is 0.866. The van der Waals surface area contributed by atoms with E-state index in [0.717, 1.165) is 5.56 Å². The molecule has 1 aromatic rings. The van der Waals surface area contributed by atoms with Gasteiger partial charge in [-0.05, 0) is 18.4 Å². The molecule has 0 atom stereocenters. The number of ether oxygens (including phenoxy) is 1. The third kappa shape index (κ3) is 1.88. The minimum Gasteiger partial charge on any atom is -0.410 e. The highest BCUT2D eigenvalue weighted by Gasteiger charge is 2.05. The molecule has 0 saturated heterocycles. The van der Waals surface area contributed by atoms with E-state index in [9.17, 15) is 9.59 Å². The summed E-state index contributed by atoms with van der Waals surface area (Å²) in [4.78, 5) is 20.3. The molecule has 4 heteroatoms. The first-order chi connectivity index (χ1) is 5.24. The summed E-state index contributed by atoms with van der Waals surface area (Å²) in [6, 6.07) is 1.82. The highest BCUT2D eigenvalue weighted by Crippen LogP contribution is 2.24. The zero-order valence-corrected chi connectivity index (χ0v) is 6.68. The van der Waals surface area contributed by atoms with E-state index in [4.69, 9.17) is 0 Å². The van der Waals surface area contributed by atoms with E-state index in [-0.39, 0.29) is 6.29 Å². The fourth-order valence-electron chi connectivity index (χ4n) is 0.579. The summed E-state index contributed by atoms with van der Waals surface area (Å²) in [7, 11) is 0. The smallest absolute Gasteiger partial charge is 0.377 e. The van der Waals surface area contributed by atoms with E-state index in [1.807, 2.05) is 13.0 Å². The van der Waals surface area contributed by atoms with Gasteiger partial charge in [-0.1, -0.05) is 0 Å². The van der Waals surface area contributed by atoms with Gasteiger partial charge in [-0.15, -0.1) is 11.3 Å². The van der Waals surface area contributed by atoms with Crippen LogP contribution in [0, 0.1) is 6.92 Å². The second kappa shape index (κ2) is 3.30. The Morgan fingerprint density at radius 3 is 2.91 bits per heavy atom. The van der Waals surface area contributed by atoms with Gasteiger partial charge in [0.25, 0.3) is 0 Å². The molecule has 1 aromatic heterocycles. The first-order valence-corrected chi connectivity index (χ1v) is 3.83. The quantitative estimate of drug-likeness (QED) is 0.380. The Labute approximate surface area is 67.6 Å². The van der Waals surface area contributed by atoms with Gasteiger partial charge in [0.15, 0.2) is 5.06 Å². The topological polar surface area (TPSA) is 43.4 Å². The third-order valence-corrected chi connectivity index (χ3v) is 2.00. The third-order valence-electron chi connectivity index (χ3n) is 1.10. The van der Waals surface area contributed by atoms with Crippen molar-refractivity contribution in [3.8, 4) is 5.06 Å². The summed E-state index contributed by atoms with van der Waals surface area (Å²) >= 11 is 1.29. The molecule has 0 aromatic carbocycles. The molecule has 0 saturated carbocycles. The maximum Gasteiger partial charge on any atom is 0.377 e. The van der Waals surface area contributed by atoms with Crippen molar-refractivity contribution in [1.29, 1.82) is 0 Å². The molecule has 0 radical (unpaired) electrons. The van der Waals surface area contributed by atoms with Gasteiger partial charge in [0.05, 0.1) is 0 Å². The largest absolute Gasteiger partial charge is 0.410 e. The lowest BCUT2D eigenvalue weighted by atomic mass is 10.4. The molecule has 1 rings (SSSR count). The highest BCUT2D eigenvalue weighted by atomic mass is 32.1. The second-order valence-corrected chi connectivity index (χ2v) is 2.81. The molecule has 0 unspecified atom stereocenters. The fraction of sp³-hybridized carbons (Fsp3) is 0.143. The molecule has 0 N–H and O–H groups in total. The molecular formula is C7H6O3S. The minimum atomic E-state index is -0.851. The average Bonchev–Trinajstić information content (AvgIpc) is 2.37. The lowest BCUT2D eigenvalue weighted by Crippen LogP contribution is -2.07. The van der Waals surface area contributed by atoms with Gasteiger partial charge in [0.1, 0.15) is 0 Å². The monoisotopic (exact) mass is 170 g/mol. The number of hydrogen-bond acceptors (Lipinski definition) is 4. The highest BCUT2D eigenvalue weighted by molar-refractivity contribution is 7.12. The van der Waals surface area contributed by atoms with Crippen molar-refractivity contribution in [3.05, 3.63) is 17.0 Å². The average molecular weight is 170 g/mol. The second-order valence-electron chi connectivity index (χ2n) is 1.93. The van der Waals surface area contributed by atoms with Crippen LogP contribution in [0.1, 0.15) is 5.56 Å². The molecule has 0 aliphatic carbocycles. The summed E-state index contributed by atoms with van der Waals surface area (Å²) < 4.78 is 4.65. The standard InChI is InChI=1S/C7H6O3S/c1-5-2-3-11-7(5)10-6(9)4-8/h2-4H,1H3. The Morgan fingerprint density at radius 2 is 2.45 bits per heavy atom. The molecule has 0 spiro atoms. The molecule has 3 nitrogen and oxygen atoms in total. The van der Waals surface area contributed by atoms with Crippen LogP contribution in [0.4, 0.5) is 0 Å². The summed E-state index contributed by atoms with van der Waals surface area (Å²) in [6.45, 7) is 1.81. The van der Waals surface area contributed by atoms with E-state index < -0.39 is 5.97 Å². The predicted molar refractivity (Wildman–Crippen MR) is 40.8 cm³/mol. The van der Waals surface area contributed by atoms with Crippen molar-refractivity contribution in [2.75, 3.05) is 0 Å². The van der Waals surface area contributed by atoms with Crippen LogP contribution in [0.5, 0.6) is 5.06 Å². The van der Waals surface area contributed by atoms with Gasteiger partial charge in [-0.25, -0.2) is 4.79 Å². The Hall–Kier alpha value is -1.16. The molecule has 1 heterocycles. The van der Waals surface area contributed by atoms with Gasteiger partial charge < -0.3 is 4.74 Å². The molecular weight excluding hydrogens is 164 g/mol. The van der Waals surface area contributed by atoms with Crippen LogP contribution in [0.2, 0.25) is 0 Å². The van der Waals surface area contributed by atoms with E-state index in [1.165, 1.54) is 11.3 Å². The van der Waals surface area contributed by atoms with E-state index in [0.29, 0.717) is 5.06 Å². The number of esters is 1. The lowest BCUT2D eigenvalue weighted by Gasteiger charge is -1.95. The zero-order valence-electron chi connectivity index (χ0n) is 5.87. The normalized spacial score (nSPS) is 9.18. The number of rotatable bonds is 2. The van der Waals surface area contributed by atoms with Crippen molar-refractivity contribution in [2.45, 2.75) is 6.92 Å². The van der Waals surface area contributed by atoms with Gasteiger partial charge >= 0.3 is 5.97 Å². The molecule has 11 heavy (non-hydrogen) atoms. The van der Waals surface area contributed by atoms with Crippen LogP contribution in [-0.2, 0) is 9.59 Å². The number of aryl methyl sites for hydroxylation is 1. The maximum atomic E-state index is 10.4. The van der Waals surface area contributed by atoms with Gasteiger partial charge in [0.2, 0.25) is 6.29 Å². The maximum absolute atomic E-state index is 10.4. The van der Waals surface area contributed by atoms with Gasteiger partial charge in [0, 0.05) is 5.56 Å². The Morgan fingerprint density at radius 1 is 1.73 bits per heavy atom. The number of thiophene rings is 1. The van der Waals surface area contributed by atoms with Crippen LogP contribution < -0.4 is 4.74 Å². The molecule has 0 aliphatic rings. The van der Waals surface area contributed by atoms with Crippen molar-refractivity contribution in [2.24, 2.45) is 0 Å². The summed E-state index contributed by atoms with van der Waals surface area (Å²) in [5.74, 6) is -0.851. The first-order valence-electron chi connectivity index (χ1n) is 2.95. The Balaban J connectivity index is 2.71. The minimum absolute atomic E-state index is 0.152. The fourth-order valence-corrected chi connectivity index (χ4v) is 1.36. The van der Waals surface area contributed by atoms with Crippen molar-refractivity contribution in [1.82, 2.24) is 0 Å². The Kier molecular flexibility index (Phi) is 2.38. The van der Waals surface area contributed by atoms with Gasteiger partial charge in [-0.3, -0.25) is 4.79 Å². The lowest BCUT2D eigenvalue weighted by molar-refractivity contribution is -0.141. The van der Waals surface area contributed by atoms with Crippen LogP contribution in [0.15, 0.2) is 11.4 Å². The van der Waals surface area contributed by atoms with E-state index in [2.05, 4.69) is 4.74 Å². The molecule has 0 aliphatic heterocycles. The van der Waals surface area contributed by atoms with Crippen LogP contribution in [0.25, 0.3) is 0 Å². The van der Waals surface area contributed by atoms with Crippen LogP contribution >= 0.6 is 11.3 Å². The van der Waals surface area contributed by atoms with Crippen LogP contribution in [-0.4, -0.2) is 12.3 Å². The number of carbonyl (C=O) groups excluding carboxylic acids is 2. The predicted octanol–water partition coefficient (Wildman–Crippen LogP) is 1.16. The molecule has 0 fully saturated rings. The molecule has 0 bridgehead atoms.